The zero-order valence-electron chi connectivity index (χ0n) is 85.5. The van der Waals surface area contributed by atoms with Crippen molar-refractivity contribution in [2.75, 3.05) is 69.0 Å². The molecule has 5 aromatic carbocycles. The highest BCUT2D eigenvalue weighted by Gasteiger charge is 2.39. The van der Waals surface area contributed by atoms with E-state index >= 15 is 0 Å². The molecule has 5 aromatic rings. The number of benzene rings is 5. The Kier molecular flexibility index (Phi) is 37.8. The summed E-state index contributed by atoms with van der Waals surface area (Å²) >= 11 is 0. The van der Waals surface area contributed by atoms with Gasteiger partial charge >= 0.3 is 0 Å². The second kappa shape index (κ2) is 45.1. The highest BCUT2D eigenvalue weighted by atomic mass is 16.7. The molecule has 4 heterocycles. The molecular weight excluding hydrogens is 1550 g/mol. The van der Waals surface area contributed by atoms with Crippen LogP contribution in [0.5, 0.6) is 11.5 Å². The number of ether oxygens (including phenoxy) is 10. The number of anilines is 2. The Balaban J connectivity index is 0.000000181. The van der Waals surface area contributed by atoms with Gasteiger partial charge < -0.3 is 57.2 Å². The van der Waals surface area contributed by atoms with Gasteiger partial charge in [0.15, 0.2) is 0 Å². The number of allylic oxidation sites excluding steroid dienone is 2. The molecule has 702 valence electrons. The average molecular weight is 1730 g/mol. The highest BCUT2D eigenvalue weighted by molar-refractivity contribution is 5.60. The predicted octanol–water partition coefficient (Wildman–Crippen LogP) is 29.5. The van der Waals surface area contributed by atoms with Crippen molar-refractivity contribution in [3.63, 3.8) is 0 Å². The summed E-state index contributed by atoms with van der Waals surface area (Å²) in [6, 6.07) is 32.4. The van der Waals surface area contributed by atoms with Crippen LogP contribution in [0.25, 0.3) is 0 Å². The quantitative estimate of drug-likeness (QED) is 0.0880. The Bertz CT molecular complexity index is 4150. The minimum absolute atomic E-state index is 0.00112. The number of aryl methyl sites for hydroxylation is 4. The maximum absolute atomic E-state index is 5.99. The fourth-order valence-electron chi connectivity index (χ4n) is 18.9. The SMILES string of the molecule is CC(C)(C)OCC1=CC2(CCCC2)CCC1.CC(C)(C)OCC1=CC2(CCCCC2)CCC1.CC(C)(C)OCc1ccc2c(c1)C(C)(C)CCC2(C)C.CC(C)(C)OCc1cccc2c1COC(C)(C)O2.CC(C)(C)OCc1cccc2c1OCC2.Cc1cccc(C)c1N1CCC(COC(C)(C)C)C1.Cc1cccc(C)c1N1CCCC(COC(C)(C)C)C1. The Hall–Kier alpha value is -5.54. The molecule has 0 N–H and O–H groups in total. The van der Waals surface area contributed by atoms with Crippen LogP contribution in [-0.2, 0) is 81.6 Å². The van der Waals surface area contributed by atoms with Gasteiger partial charge in [-0.05, 0) is 364 Å². The molecule has 0 radical (unpaired) electrons. The molecule has 9 aliphatic rings. The molecule has 4 fully saturated rings. The summed E-state index contributed by atoms with van der Waals surface area (Å²) in [6.07, 6.45) is 33.5. The van der Waals surface area contributed by atoms with Gasteiger partial charge in [0.2, 0.25) is 5.79 Å². The van der Waals surface area contributed by atoms with E-state index in [2.05, 4.69) is 302 Å². The molecule has 12 nitrogen and oxygen atoms in total. The van der Waals surface area contributed by atoms with Crippen LogP contribution in [0.3, 0.4) is 0 Å². The van der Waals surface area contributed by atoms with Crippen LogP contribution in [0.15, 0.2) is 114 Å². The second-order valence-corrected chi connectivity index (χ2v) is 47.0. The van der Waals surface area contributed by atoms with E-state index in [4.69, 9.17) is 47.4 Å². The number of rotatable bonds is 16. The fourth-order valence-corrected chi connectivity index (χ4v) is 18.9. The van der Waals surface area contributed by atoms with Gasteiger partial charge in [0.05, 0.1) is 98.7 Å². The van der Waals surface area contributed by atoms with Crippen molar-refractivity contribution >= 4 is 11.4 Å². The maximum Gasteiger partial charge on any atom is 0.205 e. The first-order chi connectivity index (χ1) is 58.1. The highest BCUT2D eigenvalue weighted by Crippen LogP contribution is 2.50. The summed E-state index contributed by atoms with van der Waals surface area (Å²) < 4.78 is 58.4. The molecular formula is C113H180N2O10. The number of para-hydroxylation sites is 3. The van der Waals surface area contributed by atoms with Crippen molar-refractivity contribution in [1.82, 2.24) is 0 Å². The van der Waals surface area contributed by atoms with Crippen LogP contribution in [0.2, 0.25) is 0 Å². The first kappa shape index (κ1) is 105. The molecule has 5 aliphatic carbocycles. The summed E-state index contributed by atoms with van der Waals surface area (Å²) in [5, 5.41) is 0. The molecule has 14 rings (SSSR count). The van der Waals surface area contributed by atoms with E-state index in [-0.39, 0.29) is 44.6 Å². The van der Waals surface area contributed by atoms with Crippen molar-refractivity contribution in [1.29, 1.82) is 0 Å². The van der Waals surface area contributed by atoms with E-state index in [9.17, 15) is 0 Å². The van der Waals surface area contributed by atoms with E-state index in [0.717, 1.165) is 81.7 Å². The third-order valence-corrected chi connectivity index (χ3v) is 25.9. The van der Waals surface area contributed by atoms with E-state index in [1.54, 1.807) is 11.1 Å². The van der Waals surface area contributed by atoms with Gasteiger partial charge in [-0.25, -0.2) is 0 Å². The first-order valence-electron chi connectivity index (χ1n) is 48.9. The van der Waals surface area contributed by atoms with Crippen LogP contribution in [0, 0.1) is 50.4 Å². The fraction of sp³-hybridized carbons (Fsp3) is 0.699. The molecule has 2 saturated carbocycles. The van der Waals surface area contributed by atoms with Crippen LogP contribution in [0.4, 0.5) is 11.4 Å². The first-order valence-corrected chi connectivity index (χ1v) is 48.9. The van der Waals surface area contributed by atoms with Gasteiger partial charge in [-0.2, -0.15) is 0 Å². The molecule has 125 heavy (non-hydrogen) atoms. The topological polar surface area (TPSA) is 98.8 Å². The zero-order chi connectivity index (χ0) is 92.3. The molecule has 0 amide bonds. The molecule has 12 heteroatoms. The van der Waals surface area contributed by atoms with Gasteiger partial charge in [0.1, 0.15) is 11.5 Å². The molecule has 2 unspecified atom stereocenters. The lowest BCUT2D eigenvalue weighted by Gasteiger charge is -2.42. The number of hydrogen-bond donors (Lipinski definition) is 0. The van der Waals surface area contributed by atoms with Gasteiger partial charge in [0, 0.05) is 74.9 Å². The summed E-state index contributed by atoms with van der Waals surface area (Å²) in [6.45, 7) is 77.9. The average Bonchev–Trinajstić information content (AvgIpc) is 1.31. The number of piperidine rings is 1. The van der Waals surface area contributed by atoms with Crippen LogP contribution in [-0.4, -0.2) is 104 Å². The third kappa shape index (κ3) is 35.9. The van der Waals surface area contributed by atoms with Gasteiger partial charge in [-0.3, -0.25) is 0 Å². The number of hydrogen-bond acceptors (Lipinski definition) is 12. The van der Waals surface area contributed by atoms with Gasteiger partial charge in [-0.15, -0.1) is 0 Å². The van der Waals surface area contributed by atoms with Gasteiger partial charge in [0.25, 0.3) is 0 Å². The second-order valence-electron chi connectivity index (χ2n) is 47.0. The summed E-state index contributed by atoms with van der Waals surface area (Å²) in [5.74, 6) is 2.72. The van der Waals surface area contributed by atoms with Crippen LogP contribution >= 0.6 is 0 Å². The molecule has 2 atom stereocenters. The van der Waals surface area contributed by atoms with Crippen molar-refractivity contribution in [2.45, 2.75) is 432 Å². The van der Waals surface area contributed by atoms with E-state index < -0.39 is 5.79 Å². The van der Waals surface area contributed by atoms with Crippen molar-refractivity contribution in [3.05, 3.63) is 175 Å². The smallest absolute Gasteiger partial charge is 0.205 e. The predicted molar refractivity (Wildman–Crippen MR) is 527 cm³/mol. The summed E-state index contributed by atoms with van der Waals surface area (Å²) in [5.41, 5.74) is 21.9. The van der Waals surface area contributed by atoms with Crippen LogP contribution < -0.4 is 19.3 Å². The minimum Gasteiger partial charge on any atom is -0.493 e. The number of fused-ring (bicyclic) bond motifs is 3. The lowest BCUT2D eigenvalue weighted by Crippen LogP contribution is -2.39. The Morgan fingerprint density at radius 2 is 0.792 bits per heavy atom. The van der Waals surface area contributed by atoms with E-state index in [1.165, 1.54) is 196 Å². The lowest BCUT2D eigenvalue weighted by molar-refractivity contribution is -0.180. The maximum atomic E-state index is 5.99. The largest absolute Gasteiger partial charge is 0.493 e. The Morgan fingerprint density at radius 3 is 1.28 bits per heavy atom. The molecule has 2 saturated heterocycles. The molecule has 4 aliphatic heterocycles. The van der Waals surface area contributed by atoms with E-state index in [0.29, 0.717) is 54.5 Å². The lowest BCUT2D eigenvalue weighted by atomic mass is 9.63. The van der Waals surface area contributed by atoms with Crippen LogP contribution in [0.1, 0.15) is 377 Å². The summed E-state index contributed by atoms with van der Waals surface area (Å²) in [4.78, 5) is 5.09. The normalized spacial score (nSPS) is 20.5. The molecule has 2 spiro atoms. The summed E-state index contributed by atoms with van der Waals surface area (Å²) in [7, 11) is 0. The standard InChI is InChI=1S/C19H30O.C18H29NO.C17H27NO.C16H28O.C15H22O3.C15H26O.C13H18O2/c1-17(2,3)20-13-14-8-9-15-16(12-14)19(6,7)11-10-18(15,4)5;1-14-8-6-9-15(2)17(14)19-11-7-10-16(12-19)13-20-18(3,4)5;1-13-7-6-8-14(2)16(13)18-10-9-15(11-18)12-19-17(3,4)5;1-15(2,3)17-13-14-8-7-11-16(12-14)9-5-4-6-10-16;1-14(2,3)16-9-11-7-6-8-13-12(11)10-17-15(4,5)18-13;1-14(2,3)16-12-13-7-6-10-15(11-13)8-4-5-9-15;1-13(2,3)15-9-11-6-4-5-10-7-8-14-12(10)11/h8-9,12H,10-11,13H2,1-7H3;6,8-9,16H,7,10-13H2,1-5H3;6-8,15H,9-12H2,1-5H3;12H,4-11,13H2,1-3H3;6-8H,9-10H2,1-5H3;11H,4-10,12H2,1-3H3;4-6H,7-9H2,1-3H3. The Morgan fingerprint density at radius 1 is 0.384 bits per heavy atom. The third-order valence-electron chi connectivity index (χ3n) is 25.9. The van der Waals surface area contributed by atoms with Crippen molar-refractivity contribution in [2.24, 2.45) is 22.7 Å². The van der Waals surface area contributed by atoms with Gasteiger partial charge in [-0.1, -0.05) is 157 Å². The van der Waals surface area contributed by atoms with Crippen molar-refractivity contribution in [3.8, 4) is 11.5 Å². The minimum atomic E-state index is -0.545. The molecule has 0 bridgehead atoms. The number of nitrogens with zero attached hydrogens (tertiary/aromatic N) is 2. The Labute approximate surface area is 764 Å². The molecule has 0 aromatic heterocycles. The monoisotopic (exact) mass is 1730 g/mol. The zero-order valence-corrected chi connectivity index (χ0v) is 85.5. The van der Waals surface area contributed by atoms with Crippen molar-refractivity contribution < 1.29 is 47.4 Å². The van der Waals surface area contributed by atoms with E-state index in [1.807, 2.05) is 26.0 Å².